The molecule has 1 saturated heterocycles. The van der Waals surface area contributed by atoms with Crippen LogP contribution >= 0.6 is 0 Å². The number of carbonyl (C=O) groups excluding carboxylic acids is 2. The molecule has 3 amide bonds. The number of anilines is 1. The van der Waals surface area contributed by atoms with E-state index < -0.39 is 12.0 Å². The second-order valence-electron chi connectivity index (χ2n) is 6.09. The van der Waals surface area contributed by atoms with Gasteiger partial charge in [0.2, 0.25) is 5.91 Å². The van der Waals surface area contributed by atoms with Crippen molar-refractivity contribution in [1.29, 1.82) is 0 Å². The van der Waals surface area contributed by atoms with E-state index >= 15 is 0 Å². The van der Waals surface area contributed by atoms with Gasteiger partial charge in [-0.1, -0.05) is 18.2 Å². The molecule has 130 valence electrons. The Kier molecular flexibility index (Phi) is 6.17. The van der Waals surface area contributed by atoms with E-state index in [4.69, 9.17) is 5.11 Å². The number of benzene rings is 1. The summed E-state index contributed by atoms with van der Waals surface area (Å²) in [7, 11) is 0. The Morgan fingerprint density at radius 3 is 2.67 bits per heavy atom. The van der Waals surface area contributed by atoms with Crippen LogP contribution in [0.1, 0.15) is 26.2 Å². The third-order valence-electron chi connectivity index (χ3n) is 3.97. The van der Waals surface area contributed by atoms with Crippen molar-refractivity contribution in [2.24, 2.45) is 5.92 Å². The summed E-state index contributed by atoms with van der Waals surface area (Å²) in [5, 5.41) is 14.3. The standard InChI is InChI=1S/C17H23N3O4/c1-12(10-15(21)22)18-16(23)13-6-5-9-20(11-13)17(24)19-14-7-3-2-4-8-14/h2-4,7-8,12-13H,5-6,9-11H2,1H3,(H,18,23)(H,19,24)(H,21,22). The number of aliphatic carboxylic acids is 1. The van der Waals surface area contributed by atoms with Crippen LogP contribution in [0.4, 0.5) is 10.5 Å². The fraction of sp³-hybridized carbons (Fsp3) is 0.471. The summed E-state index contributed by atoms with van der Waals surface area (Å²) in [6.07, 6.45) is 1.32. The summed E-state index contributed by atoms with van der Waals surface area (Å²) in [6.45, 7) is 2.60. The minimum Gasteiger partial charge on any atom is -0.481 e. The van der Waals surface area contributed by atoms with E-state index in [0.717, 1.165) is 6.42 Å². The van der Waals surface area contributed by atoms with E-state index in [0.29, 0.717) is 25.2 Å². The van der Waals surface area contributed by atoms with Crippen LogP contribution < -0.4 is 10.6 Å². The molecule has 1 aromatic carbocycles. The summed E-state index contributed by atoms with van der Waals surface area (Å²) in [5.74, 6) is -1.45. The molecule has 2 unspecified atom stereocenters. The van der Waals surface area contributed by atoms with Gasteiger partial charge < -0.3 is 20.6 Å². The summed E-state index contributed by atoms with van der Waals surface area (Å²) >= 11 is 0. The largest absolute Gasteiger partial charge is 0.481 e. The first kappa shape index (κ1) is 17.8. The van der Waals surface area contributed by atoms with Crippen molar-refractivity contribution in [3.8, 4) is 0 Å². The van der Waals surface area contributed by atoms with Crippen LogP contribution in [0.5, 0.6) is 0 Å². The zero-order chi connectivity index (χ0) is 17.5. The minimum absolute atomic E-state index is 0.114. The Morgan fingerprint density at radius 1 is 1.29 bits per heavy atom. The van der Waals surface area contributed by atoms with Gasteiger partial charge in [0.05, 0.1) is 12.3 Å². The van der Waals surface area contributed by atoms with Crippen molar-refractivity contribution >= 4 is 23.6 Å². The lowest BCUT2D eigenvalue weighted by molar-refractivity contribution is -0.137. The van der Waals surface area contributed by atoms with E-state index in [9.17, 15) is 14.4 Å². The molecule has 7 heteroatoms. The quantitative estimate of drug-likeness (QED) is 0.766. The van der Waals surface area contributed by atoms with Gasteiger partial charge in [0.1, 0.15) is 0 Å². The van der Waals surface area contributed by atoms with Crippen LogP contribution in [0.25, 0.3) is 0 Å². The highest BCUT2D eigenvalue weighted by molar-refractivity contribution is 5.90. The number of carboxylic acid groups (broad SMARTS) is 1. The van der Waals surface area contributed by atoms with Gasteiger partial charge >= 0.3 is 12.0 Å². The number of hydrogen-bond donors (Lipinski definition) is 3. The second-order valence-corrected chi connectivity index (χ2v) is 6.09. The highest BCUT2D eigenvalue weighted by Gasteiger charge is 2.29. The fourth-order valence-electron chi connectivity index (χ4n) is 2.77. The predicted molar refractivity (Wildman–Crippen MR) is 89.6 cm³/mol. The molecular weight excluding hydrogens is 310 g/mol. The maximum absolute atomic E-state index is 12.3. The summed E-state index contributed by atoms with van der Waals surface area (Å²) in [5.41, 5.74) is 0.712. The predicted octanol–water partition coefficient (Wildman–Crippen LogP) is 1.91. The number of nitrogens with zero attached hydrogens (tertiary/aromatic N) is 1. The Hall–Kier alpha value is -2.57. The van der Waals surface area contributed by atoms with Gasteiger partial charge in [-0.3, -0.25) is 9.59 Å². The number of para-hydroxylation sites is 1. The van der Waals surface area contributed by atoms with Crippen molar-refractivity contribution in [3.63, 3.8) is 0 Å². The van der Waals surface area contributed by atoms with Gasteiger partial charge in [-0.25, -0.2) is 4.79 Å². The monoisotopic (exact) mass is 333 g/mol. The third-order valence-corrected chi connectivity index (χ3v) is 3.97. The molecule has 1 fully saturated rings. The molecule has 1 aliphatic rings. The molecule has 24 heavy (non-hydrogen) atoms. The molecular formula is C17H23N3O4. The zero-order valence-corrected chi connectivity index (χ0v) is 13.7. The number of rotatable bonds is 5. The molecule has 0 saturated carbocycles. The van der Waals surface area contributed by atoms with Crippen molar-refractivity contribution in [2.45, 2.75) is 32.2 Å². The zero-order valence-electron chi connectivity index (χ0n) is 13.7. The lowest BCUT2D eigenvalue weighted by atomic mass is 9.97. The summed E-state index contributed by atoms with van der Waals surface area (Å²) in [6, 6.07) is 8.51. The lowest BCUT2D eigenvalue weighted by Crippen LogP contribution is -2.48. The molecule has 1 heterocycles. The van der Waals surface area contributed by atoms with Gasteiger partial charge in [0.15, 0.2) is 0 Å². The lowest BCUT2D eigenvalue weighted by Gasteiger charge is -2.32. The number of hydrogen-bond acceptors (Lipinski definition) is 3. The molecule has 0 bridgehead atoms. The average Bonchev–Trinajstić information content (AvgIpc) is 2.55. The summed E-state index contributed by atoms with van der Waals surface area (Å²) < 4.78 is 0. The molecule has 1 aromatic rings. The highest BCUT2D eigenvalue weighted by Crippen LogP contribution is 2.18. The van der Waals surface area contributed by atoms with E-state index in [1.165, 1.54) is 0 Å². The Morgan fingerprint density at radius 2 is 2.00 bits per heavy atom. The minimum atomic E-state index is -0.949. The molecule has 2 rings (SSSR count). The van der Waals surface area contributed by atoms with E-state index in [-0.39, 0.29) is 24.3 Å². The first-order valence-electron chi connectivity index (χ1n) is 8.09. The van der Waals surface area contributed by atoms with Crippen LogP contribution in [0, 0.1) is 5.92 Å². The van der Waals surface area contributed by atoms with Crippen LogP contribution in [-0.2, 0) is 9.59 Å². The van der Waals surface area contributed by atoms with Crippen LogP contribution in [-0.4, -0.2) is 47.0 Å². The molecule has 0 spiro atoms. The van der Waals surface area contributed by atoms with Crippen LogP contribution in [0.3, 0.4) is 0 Å². The number of likely N-dealkylation sites (tertiary alicyclic amines) is 1. The maximum atomic E-state index is 12.3. The van der Waals surface area contributed by atoms with Gasteiger partial charge in [0, 0.05) is 24.8 Å². The Labute approximate surface area is 141 Å². The average molecular weight is 333 g/mol. The number of piperidine rings is 1. The van der Waals surface area contributed by atoms with E-state index in [1.54, 1.807) is 24.0 Å². The normalized spacial score (nSPS) is 18.5. The van der Waals surface area contributed by atoms with Gasteiger partial charge in [-0.2, -0.15) is 0 Å². The SMILES string of the molecule is CC(CC(=O)O)NC(=O)C1CCCN(C(=O)Nc2ccccc2)C1. The highest BCUT2D eigenvalue weighted by atomic mass is 16.4. The van der Waals surface area contributed by atoms with Crippen molar-refractivity contribution in [1.82, 2.24) is 10.2 Å². The second kappa shape index (κ2) is 8.33. The number of nitrogens with one attached hydrogen (secondary N) is 2. The van der Waals surface area contributed by atoms with Crippen LogP contribution in [0.15, 0.2) is 30.3 Å². The molecule has 2 atom stereocenters. The first-order chi connectivity index (χ1) is 11.5. The maximum Gasteiger partial charge on any atom is 0.321 e. The fourth-order valence-corrected chi connectivity index (χ4v) is 2.77. The van der Waals surface area contributed by atoms with Crippen molar-refractivity contribution in [3.05, 3.63) is 30.3 Å². The van der Waals surface area contributed by atoms with E-state index in [1.807, 2.05) is 18.2 Å². The molecule has 7 nitrogen and oxygen atoms in total. The molecule has 0 aromatic heterocycles. The number of amides is 3. The Bertz CT molecular complexity index is 591. The third kappa shape index (κ3) is 5.26. The molecule has 3 N–H and O–H groups in total. The first-order valence-corrected chi connectivity index (χ1v) is 8.09. The molecule has 0 radical (unpaired) electrons. The molecule has 1 aliphatic heterocycles. The Balaban J connectivity index is 1.87. The van der Waals surface area contributed by atoms with Crippen LogP contribution in [0.2, 0.25) is 0 Å². The van der Waals surface area contributed by atoms with Gasteiger partial charge in [-0.05, 0) is 31.9 Å². The number of carbonyl (C=O) groups is 3. The number of carboxylic acids is 1. The smallest absolute Gasteiger partial charge is 0.321 e. The van der Waals surface area contributed by atoms with Gasteiger partial charge in [-0.15, -0.1) is 0 Å². The van der Waals surface area contributed by atoms with Crippen molar-refractivity contribution < 1.29 is 19.5 Å². The van der Waals surface area contributed by atoms with Gasteiger partial charge in [0.25, 0.3) is 0 Å². The van der Waals surface area contributed by atoms with E-state index in [2.05, 4.69) is 10.6 Å². The topological polar surface area (TPSA) is 98.7 Å². The molecule has 0 aliphatic carbocycles. The van der Waals surface area contributed by atoms with Crippen molar-refractivity contribution in [2.75, 3.05) is 18.4 Å². The number of urea groups is 1. The summed E-state index contributed by atoms with van der Waals surface area (Å²) in [4.78, 5) is 36.9.